The number of carbonyl (C=O) groups excluding carboxylic acids is 1. The second-order valence-electron chi connectivity index (χ2n) is 8.87. The number of likely N-dealkylation sites (N-methyl/N-ethyl adjacent to an activating group) is 1. The molecule has 1 N–H and O–H groups in total. The van der Waals surface area contributed by atoms with E-state index in [1.165, 1.54) is 5.56 Å². The predicted octanol–water partition coefficient (Wildman–Crippen LogP) is 3.34. The molecule has 0 spiro atoms. The van der Waals surface area contributed by atoms with Crippen LogP contribution >= 0.6 is 0 Å². The molecule has 0 radical (unpaired) electrons. The van der Waals surface area contributed by atoms with Crippen LogP contribution in [0.25, 0.3) is 0 Å². The van der Waals surface area contributed by atoms with Crippen LogP contribution in [0.1, 0.15) is 43.2 Å². The third-order valence-corrected chi connectivity index (χ3v) is 7.21. The van der Waals surface area contributed by atoms with E-state index in [-0.39, 0.29) is 17.4 Å². The van der Waals surface area contributed by atoms with Crippen LogP contribution in [0.3, 0.4) is 0 Å². The lowest BCUT2D eigenvalue weighted by Gasteiger charge is -2.45. The minimum absolute atomic E-state index is 0.102. The van der Waals surface area contributed by atoms with Crippen molar-refractivity contribution in [3.8, 4) is 11.5 Å². The average molecular weight is 424 g/mol. The number of hydrogen-bond acceptors (Lipinski definition) is 5. The van der Waals surface area contributed by atoms with Gasteiger partial charge in [0.25, 0.3) is 0 Å². The first-order valence-electron chi connectivity index (χ1n) is 11.2. The van der Waals surface area contributed by atoms with Crippen molar-refractivity contribution >= 4 is 5.91 Å². The third kappa shape index (κ3) is 4.40. The highest BCUT2D eigenvalue weighted by Gasteiger charge is 2.50. The van der Waals surface area contributed by atoms with Crippen molar-refractivity contribution in [1.29, 1.82) is 0 Å². The summed E-state index contributed by atoms with van der Waals surface area (Å²) in [6.07, 6.45) is 8.99. The van der Waals surface area contributed by atoms with Gasteiger partial charge in [0.15, 0.2) is 11.5 Å². The molecule has 166 valence electrons. The molecule has 2 aliphatic rings. The Kier molecular flexibility index (Phi) is 6.46. The normalized spacial score (nSPS) is 25.6. The molecule has 6 nitrogen and oxygen atoms in total. The number of carbonyl (C=O) groups is 1. The van der Waals surface area contributed by atoms with Gasteiger partial charge in [0.05, 0.1) is 14.2 Å². The first-order valence-corrected chi connectivity index (χ1v) is 11.2. The van der Waals surface area contributed by atoms with Gasteiger partial charge in [-0.2, -0.15) is 0 Å². The Hall–Kier alpha value is -2.60. The summed E-state index contributed by atoms with van der Waals surface area (Å²) in [5.74, 6) is 1.68. The van der Waals surface area contributed by atoms with Crippen molar-refractivity contribution < 1.29 is 14.3 Å². The molecule has 2 aromatic rings. The average Bonchev–Trinajstić information content (AvgIpc) is 3.15. The summed E-state index contributed by atoms with van der Waals surface area (Å²) in [5.41, 5.74) is 2.52. The largest absolute Gasteiger partial charge is 0.493 e. The summed E-state index contributed by atoms with van der Waals surface area (Å²) in [6, 6.07) is 10.9. The zero-order chi connectivity index (χ0) is 21.8. The first-order chi connectivity index (χ1) is 15.1. The Bertz CT molecular complexity index is 904. The molecule has 1 unspecified atom stereocenters. The summed E-state index contributed by atoms with van der Waals surface area (Å²) in [5, 5.41) is 3.30. The maximum Gasteiger partial charge on any atom is 0.220 e. The molecule has 1 aromatic carbocycles. The van der Waals surface area contributed by atoms with Crippen LogP contribution in [-0.4, -0.2) is 55.7 Å². The number of benzene rings is 1. The van der Waals surface area contributed by atoms with E-state index in [1.807, 2.05) is 24.4 Å². The Labute approximate surface area is 185 Å². The highest BCUT2D eigenvalue weighted by Crippen LogP contribution is 2.49. The van der Waals surface area contributed by atoms with E-state index in [9.17, 15) is 4.79 Å². The van der Waals surface area contributed by atoms with E-state index < -0.39 is 0 Å². The van der Waals surface area contributed by atoms with Gasteiger partial charge in [0.1, 0.15) is 0 Å². The Morgan fingerprint density at radius 3 is 2.81 bits per heavy atom. The lowest BCUT2D eigenvalue weighted by molar-refractivity contribution is -0.122. The quantitative estimate of drug-likeness (QED) is 0.740. The summed E-state index contributed by atoms with van der Waals surface area (Å²) < 4.78 is 11.0. The second-order valence-corrected chi connectivity index (χ2v) is 8.87. The van der Waals surface area contributed by atoms with Crippen LogP contribution in [0.5, 0.6) is 11.5 Å². The number of rotatable bonds is 7. The standard InChI is InChI=1S/C25H33N3O3/c1-28-14-12-25(19-7-8-21(30-2)22(15-19)31-3)11-10-20(16-23(25)28)27-24(29)9-6-18-5-4-13-26-17-18/h4-5,7-8,13,15,17,20,23H,6,9-12,14,16H2,1-3H3,(H,27,29)/t20?,23-,25-/m0/s1. The molecule has 4 rings (SSSR count). The van der Waals surface area contributed by atoms with Gasteiger partial charge in [0, 0.05) is 36.3 Å². The zero-order valence-electron chi connectivity index (χ0n) is 18.8. The molecule has 1 saturated heterocycles. The topological polar surface area (TPSA) is 63.7 Å². The minimum atomic E-state index is 0.102. The molecule has 1 aliphatic heterocycles. The van der Waals surface area contributed by atoms with Crippen molar-refractivity contribution in [2.24, 2.45) is 0 Å². The molecule has 1 saturated carbocycles. The van der Waals surface area contributed by atoms with E-state index in [0.29, 0.717) is 12.5 Å². The summed E-state index contributed by atoms with van der Waals surface area (Å²) in [6.45, 7) is 1.07. The number of nitrogens with one attached hydrogen (secondary N) is 1. The Morgan fingerprint density at radius 1 is 1.23 bits per heavy atom. The van der Waals surface area contributed by atoms with Gasteiger partial charge in [-0.15, -0.1) is 0 Å². The molecule has 31 heavy (non-hydrogen) atoms. The number of aryl methyl sites for hydroxylation is 1. The monoisotopic (exact) mass is 423 g/mol. The molecular weight excluding hydrogens is 390 g/mol. The molecule has 2 fully saturated rings. The van der Waals surface area contributed by atoms with Crippen LogP contribution in [0.4, 0.5) is 0 Å². The maximum atomic E-state index is 12.6. The number of nitrogens with zero attached hydrogens (tertiary/aromatic N) is 2. The number of ether oxygens (including phenoxy) is 2. The smallest absolute Gasteiger partial charge is 0.220 e. The lowest BCUT2D eigenvalue weighted by atomic mass is 9.65. The van der Waals surface area contributed by atoms with Gasteiger partial charge >= 0.3 is 0 Å². The first kappa shape index (κ1) is 21.6. The van der Waals surface area contributed by atoms with Crippen LogP contribution < -0.4 is 14.8 Å². The molecule has 6 heteroatoms. The number of hydrogen-bond donors (Lipinski definition) is 1. The van der Waals surface area contributed by atoms with Crippen molar-refractivity contribution in [2.75, 3.05) is 27.8 Å². The predicted molar refractivity (Wildman–Crippen MR) is 121 cm³/mol. The van der Waals surface area contributed by atoms with Gasteiger partial charge in [-0.3, -0.25) is 9.78 Å². The van der Waals surface area contributed by atoms with Gasteiger partial charge < -0.3 is 19.7 Å². The molecule has 1 aromatic heterocycles. The van der Waals surface area contributed by atoms with Crippen LogP contribution in [0.15, 0.2) is 42.7 Å². The molecule has 1 amide bonds. The van der Waals surface area contributed by atoms with Crippen LogP contribution in [0.2, 0.25) is 0 Å². The third-order valence-electron chi connectivity index (χ3n) is 7.21. The fraction of sp³-hybridized carbons (Fsp3) is 0.520. The summed E-state index contributed by atoms with van der Waals surface area (Å²) in [7, 11) is 5.57. The van der Waals surface area contributed by atoms with Crippen LogP contribution in [0, 0.1) is 0 Å². The molecule has 0 bridgehead atoms. The van der Waals surface area contributed by atoms with Crippen molar-refractivity contribution in [3.63, 3.8) is 0 Å². The highest BCUT2D eigenvalue weighted by molar-refractivity contribution is 5.76. The number of pyridine rings is 1. The van der Waals surface area contributed by atoms with Gasteiger partial charge in [0.2, 0.25) is 5.91 Å². The fourth-order valence-corrected chi connectivity index (χ4v) is 5.50. The minimum Gasteiger partial charge on any atom is -0.493 e. The van der Waals surface area contributed by atoms with Crippen molar-refractivity contribution in [2.45, 2.75) is 56.0 Å². The van der Waals surface area contributed by atoms with Crippen molar-refractivity contribution in [1.82, 2.24) is 15.2 Å². The zero-order valence-corrected chi connectivity index (χ0v) is 18.8. The van der Waals surface area contributed by atoms with Gasteiger partial charge in [-0.25, -0.2) is 0 Å². The molecule has 2 heterocycles. The van der Waals surface area contributed by atoms with E-state index in [4.69, 9.17) is 9.47 Å². The van der Waals surface area contributed by atoms with Gasteiger partial charge in [-0.05, 0) is 75.0 Å². The molecule has 3 atom stereocenters. The summed E-state index contributed by atoms with van der Waals surface area (Å²) >= 11 is 0. The van der Waals surface area contributed by atoms with Crippen molar-refractivity contribution in [3.05, 3.63) is 53.9 Å². The lowest BCUT2D eigenvalue weighted by Crippen LogP contribution is -2.51. The number of fused-ring (bicyclic) bond motifs is 1. The Balaban J connectivity index is 1.43. The fourth-order valence-electron chi connectivity index (χ4n) is 5.50. The van der Waals surface area contributed by atoms with Crippen LogP contribution in [-0.2, 0) is 16.6 Å². The maximum absolute atomic E-state index is 12.6. The SMILES string of the molecule is COc1ccc([C@@]23CCC(NC(=O)CCc4cccnc4)C[C@@H]2N(C)CC3)cc1OC. The van der Waals surface area contributed by atoms with E-state index in [2.05, 4.69) is 34.4 Å². The summed E-state index contributed by atoms with van der Waals surface area (Å²) in [4.78, 5) is 19.2. The van der Waals surface area contributed by atoms with E-state index in [0.717, 1.165) is 55.7 Å². The van der Waals surface area contributed by atoms with Gasteiger partial charge in [-0.1, -0.05) is 12.1 Å². The highest BCUT2D eigenvalue weighted by atomic mass is 16.5. The number of amides is 1. The second kappa shape index (κ2) is 9.27. The molecule has 1 aliphatic carbocycles. The van der Waals surface area contributed by atoms with E-state index >= 15 is 0 Å². The number of aromatic nitrogens is 1. The number of likely N-dealkylation sites (tertiary alicyclic amines) is 1. The Morgan fingerprint density at radius 2 is 2.06 bits per heavy atom. The number of methoxy groups -OCH3 is 2. The van der Waals surface area contributed by atoms with E-state index in [1.54, 1.807) is 20.4 Å². The molecular formula is C25H33N3O3.